The number of carboxylic acids is 1. The lowest BCUT2D eigenvalue weighted by Gasteiger charge is -2.06. The van der Waals surface area contributed by atoms with Crippen LogP contribution in [0.25, 0.3) is 0 Å². The molecule has 0 aliphatic rings. The Morgan fingerprint density at radius 3 is 2.67 bits per heavy atom. The fourth-order valence-electron chi connectivity index (χ4n) is 0.920. The van der Waals surface area contributed by atoms with Crippen LogP contribution in [0.4, 0.5) is 8.78 Å². The summed E-state index contributed by atoms with van der Waals surface area (Å²) in [7, 11) is 0. The Bertz CT molecular complexity index is 368. The van der Waals surface area contributed by atoms with Crippen molar-refractivity contribution >= 4 is 17.6 Å². The van der Waals surface area contributed by atoms with Crippen molar-refractivity contribution in [3.63, 3.8) is 0 Å². The molecule has 1 rings (SSSR count). The molecule has 0 radical (unpaired) electrons. The van der Waals surface area contributed by atoms with E-state index in [0.29, 0.717) is 0 Å². The molecule has 0 aliphatic carbocycles. The maximum absolute atomic E-state index is 12.3. The Hall–Kier alpha value is -1.36. The van der Waals surface area contributed by atoms with Crippen molar-refractivity contribution in [2.45, 2.75) is 6.43 Å². The van der Waals surface area contributed by atoms with Gasteiger partial charge in [-0.1, -0.05) is 11.6 Å². The van der Waals surface area contributed by atoms with Crippen LogP contribution in [0.2, 0.25) is 5.02 Å². The van der Waals surface area contributed by atoms with Crippen LogP contribution in [0, 0.1) is 0 Å². The van der Waals surface area contributed by atoms with Gasteiger partial charge in [-0.2, -0.15) is 0 Å². The SMILES string of the molecule is O=C(O)COc1ccc(C(F)F)c(Cl)c1. The van der Waals surface area contributed by atoms with Crippen LogP contribution < -0.4 is 4.74 Å². The zero-order chi connectivity index (χ0) is 11.4. The molecule has 0 saturated heterocycles. The first-order valence-electron chi connectivity index (χ1n) is 3.93. The molecule has 0 aliphatic heterocycles. The third-order valence-electron chi connectivity index (χ3n) is 1.57. The van der Waals surface area contributed by atoms with Crippen LogP contribution in [-0.2, 0) is 4.79 Å². The second-order valence-corrected chi connectivity index (χ2v) is 3.07. The zero-order valence-corrected chi connectivity index (χ0v) is 8.17. The van der Waals surface area contributed by atoms with Crippen molar-refractivity contribution in [2.75, 3.05) is 6.61 Å². The van der Waals surface area contributed by atoms with Gasteiger partial charge >= 0.3 is 5.97 Å². The van der Waals surface area contributed by atoms with Crippen molar-refractivity contribution in [3.05, 3.63) is 28.8 Å². The number of alkyl halides is 2. The van der Waals surface area contributed by atoms with Gasteiger partial charge in [0.1, 0.15) is 5.75 Å². The van der Waals surface area contributed by atoms with E-state index in [2.05, 4.69) is 0 Å². The first-order chi connectivity index (χ1) is 7.00. The number of aliphatic carboxylic acids is 1. The highest BCUT2D eigenvalue weighted by Gasteiger charge is 2.12. The van der Waals surface area contributed by atoms with E-state index >= 15 is 0 Å². The van der Waals surface area contributed by atoms with Gasteiger partial charge in [-0.15, -0.1) is 0 Å². The molecule has 15 heavy (non-hydrogen) atoms. The molecule has 0 bridgehead atoms. The van der Waals surface area contributed by atoms with Crippen LogP contribution in [0.5, 0.6) is 5.75 Å². The van der Waals surface area contributed by atoms with Gasteiger partial charge in [-0.05, 0) is 18.2 Å². The maximum atomic E-state index is 12.3. The van der Waals surface area contributed by atoms with Gasteiger partial charge in [0.05, 0.1) is 5.02 Å². The molecule has 82 valence electrons. The number of hydrogen-bond acceptors (Lipinski definition) is 2. The van der Waals surface area contributed by atoms with Gasteiger partial charge in [0, 0.05) is 5.56 Å². The van der Waals surface area contributed by atoms with E-state index in [1.165, 1.54) is 6.07 Å². The third kappa shape index (κ3) is 3.36. The van der Waals surface area contributed by atoms with E-state index in [1.807, 2.05) is 0 Å². The number of hydrogen-bond donors (Lipinski definition) is 1. The molecular formula is C9H7ClF2O3. The van der Waals surface area contributed by atoms with Gasteiger partial charge in [-0.25, -0.2) is 13.6 Å². The fraction of sp³-hybridized carbons (Fsp3) is 0.222. The summed E-state index contributed by atoms with van der Waals surface area (Å²) < 4.78 is 29.3. The summed E-state index contributed by atoms with van der Waals surface area (Å²) in [6.45, 7) is -0.537. The summed E-state index contributed by atoms with van der Waals surface area (Å²) >= 11 is 5.53. The topological polar surface area (TPSA) is 46.5 Å². The quantitative estimate of drug-likeness (QED) is 0.874. The molecule has 0 spiro atoms. The number of carboxylic acid groups (broad SMARTS) is 1. The van der Waals surface area contributed by atoms with E-state index in [1.54, 1.807) is 0 Å². The standard InChI is InChI=1S/C9H7ClF2O3/c10-7-3-5(15-4-8(13)14)1-2-6(7)9(11)12/h1-3,9H,4H2,(H,13,14). The first kappa shape index (κ1) is 11.7. The normalized spacial score (nSPS) is 10.4. The summed E-state index contributed by atoms with van der Waals surface area (Å²) in [4.78, 5) is 10.2. The van der Waals surface area contributed by atoms with E-state index in [-0.39, 0.29) is 16.3 Å². The molecule has 0 aromatic heterocycles. The Balaban J connectivity index is 2.77. The van der Waals surface area contributed by atoms with Crippen molar-refractivity contribution in [3.8, 4) is 5.75 Å². The molecule has 0 saturated carbocycles. The predicted molar refractivity (Wildman–Crippen MR) is 49.5 cm³/mol. The molecule has 0 heterocycles. The van der Waals surface area contributed by atoms with Crippen LogP contribution in [0.15, 0.2) is 18.2 Å². The highest BCUT2D eigenvalue weighted by atomic mass is 35.5. The molecule has 3 nitrogen and oxygen atoms in total. The summed E-state index contributed by atoms with van der Waals surface area (Å²) in [6.07, 6.45) is -2.66. The smallest absolute Gasteiger partial charge is 0.341 e. The van der Waals surface area contributed by atoms with Crippen molar-refractivity contribution in [1.29, 1.82) is 0 Å². The van der Waals surface area contributed by atoms with E-state index in [0.717, 1.165) is 12.1 Å². The Morgan fingerprint density at radius 2 is 2.20 bits per heavy atom. The molecule has 1 aromatic carbocycles. The van der Waals surface area contributed by atoms with Crippen LogP contribution >= 0.6 is 11.6 Å². The molecule has 1 aromatic rings. The summed E-state index contributed by atoms with van der Waals surface area (Å²) in [6, 6.07) is 3.51. The second-order valence-electron chi connectivity index (χ2n) is 2.67. The summed E-state index contributed by atoms with van der Waals surface area (Å²) in [5.74, 6) is -1.00. The van der Waals surface area contributed by atoms with Gasteiger partial charge in [0.2, 0.25) is 0 Å². The van der Waals surface area contributed by atoms with Gasteiger partial charge in [0.25, 0.3) is 6.43 Å². The average molecular weight is 237 g/mol. The highest BCUT2D eigenvalue weighted by Crippen LogP contribution is 2.29. The van der Waals surface area contributed by atoms with E-state index < -0.39 is 19.0 Å². The number of carbonyl (C=O) groups is 1. The Labute approximate surface area is 89.2 Å². The average Bonchev–Trinajstić information content (AvgIpc) is 2.14. The minimum Gasteiger partial charge on any atom is -0.482 e. The number of rotatable bonds is 4. The number of benzene rings is 1. The monoisotopic (exact) mass is 236 g/mol. The van der Waals surface area contributed by atoms with Crippen LogP contribution in [0.1, 0.15) is 12.0 Å². The van der Waals surface area contributed by atoms with Crippen LogP contribution in [0.3, 0.4) is 0 Å². The minimum atomic E-state index is -2.66. The molecule has 1 N–H and O–H groups in total. The maximum Gasteiger partial charge on any atom is 0.341 e. The minimum absolute atomic E-state index is 0.145. The first-order valence-corrected chi connectivity index (χ1v) is 4.30. The second kappa shape index (κ2) is 4.93. The Kier molecular flexibility index (Phi) is 3.85. The lowest BCUT2D eigenvalue weighted by atomic mass is 10.2. The molecule has 0 fully saturated rings. The van der Waals surface area contributed by atoms with Gasteiger partial charge < -0.3 is 9.84 Å². The molecule has 0 atom stereocenters. The van der Waals surface area contributed by atoms with Crippen molar-refractivity contribution < 1.29 is 23.4 Å². The van der Waals surface area contributed by atoms with Crippen molar-refractivity contribution in [1.82, 2.24) is 0 Å². The number of halogens is 3. The Morgan fingerprint density at radius 1 is 1.53 bits per heavy atom. The zero-order valence-electron chi connectivity index (χ0n) is 7.41. The van der Waals surface area contributed by atoms with Gasteiger partial charge in [0.15, 0.2) is 6.61 Å². The van der Waals surface area contributed by atoms with E-state index in [4.69, 9.17) is 21.4 Å². The van der Waals surface area contributed by atoms with E-state index in [9.17, 15) is 13.6 Å². The lowest BCUT2D eigenvalue weighted by molar-refractivity contribution is -0.139. The molecule has 0 amide bonds. The largest absolute Gasteiger partial charge is 0.482 e. The van der Waals surface area contributed by atoms with Gasteiger partial charge in [-0.3, -0.25) is 0 Å². The predicted octanol–water partition coefficient (Wildman–Crippen LogP) is 2.74. The molecule has 6 heteroatoms. The molecule has 0 unspecified atom stereocenters. The summed E-state index contributed by atoms with van der Waals surface area (Å²) in [5.41, 5.74) is -0.306. The highest BCUT2D eigenvalue weighted by molar-refractivity contribution is 6.31. The lowest BCUT2D eigenvalue weighted by Crippen LogP contribution is -2.09. The summed E-state index contributed by atoms with van der Waals surface area (Å²) in [5, 5.41) is 8.16. The third-order valence-corrected chi connectivity index (χ3v) is 1.90. The van der Waals surface area contributed by atoms with Crippen LogP contribution in [-0.4, -0.2) is 17.7 Å². The van der Waals surface area contributed by atoms with Crippen molar-refractivity contribution in [2.24, 2.45) is 0 Å². The molecular weight excluding hydrogens is 230 g/mol. The fourth-order valence-corrected chi connectivity index (χ4v) is 1.17. The number of ether oxygens (including phenoxy) is 1.